The molecule has 0 heterocycles. The lowest BCUT2D eigenvalue weighted by atomic mass is 10.1. The van der Waals surface area contributed by atoms with E-state index in [0.29, 0.717) is 5.56 Å². The molecule has 12 nitrogen and oxygen atoms in total. The Kier molecular flexibility index (Phi) is 5.27. The monoisotopic (exact) mass is 359 g/mol. The number of carbonyl (C=O) groups excluding carboxylic acids is 1. The highest BCUT2D eigenvalue weighted by molar-refractivity contribution is 5.96. The molecule has 132 valence electrons. The van der Waals surface area contributed by atoms with Gasteiger partial charge in [0.05, 0.1) is 32.6 Å². The normalized spacial score (nSPS) is 10.5. The molecule has 2 rings (SSSR count). The molecule has 0 fully saturated rings. The van der Waals surface area contributed by atoms with Gasteiger partial charge in [0.1, 0.15) is 0 Å². The molecule has 0 saturated heterocycles. The Morgan fingerprint density at radius 3 is 1.81 bits per heavy atom. The van der Waals surface area contributed by atoms with Crippen LogP contribution in [0.15, 0.2) is 47.6 Å². The molecule has 0 aromatic heterocycles. The summed E-state index contributed by atoms with van der Waals surface area (Å²) in [4.78, 5) is 41.8. The fraction of sp³-hybridized carbons (Fsp3) is 0. The van der Waals surface area contributed by atoms with E-state index in [-0.39, 0.29) is 11.3 Å². The minimum absolute atomic E-state index is 0.116. The summed E-state index contributed by atoms with van der Waals surface area (Å²) >= 11 is 0. The first-order valence-electron chi connectivity index (χ1n) is 6.79. The number of nitrogens with zero attached hydrogens (tertiary/aromatic N) is 4. The standard InChI is InChI=1S/C14H9N5O7/c20-14(10-5-12(18(23)24)7-13(6-10)19(25)26)16-15-8-9-1-3-11(4-2-9)17(21)22/h1-8H,(H,16,20)/b15-8+. The van der Waals surface area contributed by atoms with Crippen LogP contribution >= 0.6 is 0 Å². The second-order valence-electron chi connectivity index (χ2n) is 4.80. The summed E-state index contributed by atoms with van der Waals surface area (Å²) in [6, 6.07) is 7.77. The summed E-state index contributed by atoms with van der Waals surface area (Å²) in [5.74, 6) is -0.894. The van der Waals surface area contributed by atoms with Gasteiger partial charge in [0.2, 0.25) is 0 Å². The average molecular weight is 359 g/mol. The maximum absolute atomic E-state index is 12.0. The summed E-state index contributed by atoms with van der Waals surface area (Å²) in [6.07, 6.45) is 1.19. The first-order chi connectivity index (χ1) is 12.3. The molecule has 12 heteroatoms. The summed E-state index contributed by atoms with van der Waals surface area (Å²) in [5.41, 5.74) is 0.870. The van der Waals surface area contributed by atoms with Gasteiger partial charge in [-0.2, -0.15) is 5.10 Å². The Morgan fingerprint density at radius 2 is 1.35 bits per heavy atom. The maximum Gasteiger partial charge on any atom is 0.277 e. The molecule has 2 aromatic carbocycles. The van der Waals surface area contributed by atoms with E-state index in [1.165, 1.54) is 30.5 Å². The second-order valence-corrected chi connectivity index (χ2v) is 4.80. The molecular weight excluding hydrogens is 350 g/mol. The van der Waals surface area contributed by atoms with E-state index in [4.69, 9.17) is 0 Å². The number of hydrazone groups is 1. The van der Waals surface area contributed by atoms with E-state index in [1.807, 2.05) is 0 Å². The molecule has 0 spiro atoms. The van der Waals surface area contributed by atoms with Gasteiger partial charge in [-0.15, -0.1) is 0 Å². The average Bonchev–Trinajstić information content (AvgIpc) is 2.61. The quantitative estimate of drug-likeness (QED) is 0.467. The Morgan fingerprint density at radius 1 is 0.846 bits per heavy atom. The number of nitro benzene ring substituents is 3. The molecule has 0 unspecified atom stereocenters. The lowest BCUT2D eigenvalue weighted by molar-refractivity contribution is -0.394. The molecule has 0 bridgehead atoms. The molecule has 0 saturated carbocycles. The fourth-order valence-corrected chi connectivity index (χ4v) is 1.85. The van der Waals surface area contributed by atoms with E-state index in [2.05, 4.69) is 10.5 Å². The number of hydrogen-bond donors (Lipinski definition) is 1. The van der Waals surface area contributed by atoms with Crippen LogP contribution in [-0.4, -0.2) is 26.9 Å². The number of carbonyl (C=O) groups is 1. The number of nitro groups is 3. The van der Waals surface area contributed by atoms with E-state index in [0.717, 1.165) is 18.2 Å². The number of benzene rings is 2. The molecular formula is C14H9N5O7. The van der Waals surface area contributed by atoms with Crippen molar-refractivity contribution >= 4 is 29.2 Å². The van der Waals surface area contributed by atoms with Gasteiger partial charge < -0.3 is 0 Å². The van der Waals surface area contributed by atoms with Gasteiger partial charge in [0.15, 0.2) is 0 Å². The van der Waals surface area contributed by atoms with Crippen molar-refractivity contribution in [1.29, 1.82) is 0 Å². The minimum atomic E-state index is -0.894. The Bertz CT molecular complexity index is 892. The van der Waals surface area contributed by atoms with Crippen molar-refractivity contribution in [2.24, 2.45) is 5.10 Å². The third-order valence-electron chi connectivity index (χ3n) is 3.07. The zero-order chi connectivity index (χ0) is 19.3. The molecule has 26 heavy (non-hydrogen) atoms. The van der Waals surface area contributed by atoms with Gasteiger partial charge in [0.25, 0.3) is 23.0 Å². The van der Waals surface area contributed by atoms with E-state index in [1.54, 1.807) is 0 Å². The van der Waals surface area contributed by atoms with Crippen molar-refractivity contribution in [2.45, 2.75) is 0 Å². The van der Waals surface area contributed by atoms with Crippen molar-refractivity contribution in [2.75, 3.05) is 0 Å². The largest absolute Gasteiger partial charge is 0.277 e. The van der Waals surface area contributed by atoms with Crippen LogP contribution in [0, 0.1) is 30.3 Å². The van der Waals surface area contributed by atoms with Crippen molar-refractivity contribution in [3.8, 4) is 0 Å². The zero-order valence-electron chi connectivity index (χ0n) is 12.8. The topological polar surface area (TPSA) is 171 Å². The van der Waals surface area contributed by atoms with Crippen molar-refractivity contribution in [1.82, 2.24) is 5.43 Å². The third kappa shape index (κ3) is 4.41. The first kappa shape index (κ1) is 18.1. The molecule has 0 radical (unpaired) electrons. The number of nitrogens with one attached hydrogen (secondary N) is 1. The van der Waals surface area contributed by atoms with Crippen LogP contribution < -0.4 is 5.43 Å². The third-order valence-corrected chi connectivity index (χ3v) is 3.07. The Labute approximate surface area is 144 Å². The fourth-order valence-electron chi connectivity index (χ4n) is 1.85. The highest BCUT2D eigenvalue weighted by Crippen LogP contribution is 2.22. The summed E-state index contributed by atoms with van der Waals surface area (Å²) < 4.78 is 0. The van der Waals surface area contributed by atoms with Crippen LogP contribution in [0.4, 0.5) is 17.1 Å². The zero-order valence-corrected chi connectivity index (χ0v) is 12.8. The number of rotatable bonds is 6. The summed E-state index contributed by atoms with van der Waals surface area (Å²) in [6.45, 7) is 0. The van der Waals surface area contributed by atoms with Gasteiger partial charge in [0, 0.05) is 24.3 Å². The molecule has 2 aromatic rings. The molecule has 0 atom stereocenters. The van der Waals surface area contributed by atoms with Crippen LogP contribution in [0.3, 0.4) is 0 Å². The Balaban J connectivity index is 2.15. The molecule has 0 aliphatic carbocycles. The smallest absolute Gasteiger partial charge is 0.267 e. The van der Waals surface area contributed by atoms with E-state index >= 15 is 0 Å². The first-order valence-corrected chi connectivity index (χ1v) is 6.79. The highest BCUT2D eigenvalue weighted by Gasteiger charge is 2.19. The molecule has 0 aliphatic rings. The van der Waals surface area contributed by atoms with Crippen LogP contribution in [-0.2, 0) is 0 Å². The number of amides is 1. The number of non-ortho nitro benzene ring substituents is 3. The molecule has 0 aliphatic heterocycles. The Hall–Kier alpha value is -4.22. The summed E-state index contributed by atoms with van der Waals surface area (Å²) in [7, 11) is 0. The van der Waals surface area contributed by atoms with Crippen LogP contribution in [0.2, 0.25) is 0 Å². The van der Waals surface area contributed by atoms with E-state index < -0.39 is 32.1 Å². The van der Waals surface area contributed by atoms with Gasteiger partial charge >= 0.3 is 0 Å². The SMILES string of the molecule is O=C(N/N=C/c1ccc([N+](=O)[O-])cc1)c1cc([N+](=O)[O-])cc([N+](=O)[O-])c1. The van der Waals surface area contributed by atoms with Crippen LogP contribution in [0.1, 0.15) is 15.9 Å². The lowest BCUT2D eigenvalue weighted by Gasteiger charge is -2.01. The molecule has 1 N–H and O–H groups in total. The van der Waals surface area contributed by atoms with Crippen molar-refractivity contribution in [3.05, 3.63) is 83.9 Å². The van der Waals surface area contributed by atoms with Crippen molar-refractivity contribution < 1.29 is 19.6 Å². The number of hydrogen-bond acceptors (Lipinski definition) is 8. The van der Waals surface area contributed by atoms with Gasteiger partial charge in [-0.3, -0.25) is 35.1 Å². The van der Waals surface area contributed by atoms with Crippen molar-refractivity contribution in [3.63, 3.8) is 0 Å². The lowest BCUT2D eigenvalue weighted by Crippen LogP contribution is -2.18. The predicted octanol–water partition coefficient (Wildman–Crippen LogP) is 2.18. The minimum Gasteiger partial charge on any atom is -0.267 e. The van der Waals surface area contributed by atoms with E-state index in [9.17, 15) is 35.1 Å². The van der Waals surface area contributed by atoms with Gasteiger partial charge in [-0.05, 0) is 17.7 Å². The van der Waals surface area contributed by atoms with Crippen LogP contribution in [0.25, 0.3) is 0 Å². The maximum atomic E-state index is 12.0. The predicted molar refractivity (Wildman–Crippen MR) is 87.9 cm³/mol. The van der Waals surface area contributed by atoms with Gasteiger partial charge in [-0.25, -0.2) is 5.43 Å². The van der Waals surface area contributed by atoms with Crippen LogP contribution in [0.5, 0.6) is 0 Å². The van der Waals surface area contributed by atoms with Gasteiger partial charge in [-0.1, -0.05) is 0 Å². The summed E-state index contributed by atoms with van der Waals surface area (Å²) in [5, 5.41) is 35.7. The molecule has 1 amide bonds. The highest BCUT2D eigenvalue weighted by atomic mass is 16.6. The second kappa shape index (κ2) is 7.57.